The molecule has 2 aromatic rings. The van der Waals surface area contributed by atoms with Gasteiger partial charge < -0.3 is 10.5 Å². The molecule has 0 radical (unpaired) electrons. The van der Waals surface area contributed by atoms with E-state index in [-0.39, 0.29) is 0 Å². The minimum atomic E-state index is 0.566. The molecule has 2 N–H and O–H groups in total. The molecule has 1 heterocycles. The largest absolute Gasteiger partial charge is 0.489 e. The van der Waals surface area contributed by atoms with Gasteiger partial charge in [-0.15, -0.1) is 0 Å². The van der Waals surface area contributed by atoms with Gasteiger partial charge in [0.1, 0.15) is 12.4 Å². The van der Waals surface area contributed by atoms with E-state index in [0.29, 0.717) is 12.3 Å². The minimum Gasteiger partial charge on any atom is -0.489 e. The van der Waals surface area contributed by atoms with Crippen molar-refractivity contribution in [2.45, 2.75) is 20.4 Å². The molecule has 1 aromatic carbocycles. The van der Waals surface area contributed by atoms with E-state index in [9.17, 15) is 0 Å². The summed E-state index contributed by atoms with van der Waals surface area (Å²) in [7, 11) is 0. The van der Waals surface area contributed by atoms with E-state index in [1.807, 2.05) is 49.1 Å². The van der Waals surface area contributed by atoms with E-state index >= 15 is 0 Å². The molecule has 4 heteroatoms. The van der Waals surface area contributed by atoms with Crippen LogP contribution in [0.15, 0.2) is 30.6 Å². The highest BCUT2D eigenvalue weighted by atomic mass is 16.5. The summed E-state index contributed by atoms with van der Waals surface area (Å²) in [6, 6.07) is 5.76. The van der Waals surface area contributed by atoms with Gasteiger partial charge in [0, 0.05) is 6.20 Å². The van der Waals surface area contributed by atoms with Crippen molar-refractivity contribution < 1.29 is 4.74 Å². The normalized spacial score (nSPS) is 10.5. The van der Waals surface area contributed by atoms with Crippen LogP contribution in [0.1, 0.15) is 11.1 Å². The first kappa shape index (κ1) is 11.5. The monoisotopic (exact) mass is 231 g/mol. The predicted molar refractivity (Wildman–Crippen MR) is 68.1 cm³/mol. The zero-order valence-corrected chi connectivity index (χ0v) is 10.2. The number of anilines is 1. The fourth-order valence-electron chi connectivity index (χ4n) is 1.70. The van der Waals surface area contributed by atoms with Gasteiger partial charge >= 0.3 is 0 Å². The average Bonchev–Trinajstić information content (AvgIpc) is 2.69. The number of para-hydroxylation sites is 1. The molecule has 0 saturated heterocycles. The number of aromatic nitrogens is 2. The van der Waals surface area contributed by atoms with Crippen LogP contribution in [0.4, 0.5) is 5.69 Å². The van der Waals surface area contributed by atoms with Gasteiger partial charge in [0.2, 0.25) is 0 Å². The summed E-state index contributed by atoms with van der Waals surface area (Å²) in [5.74, 6) is 0.774. The maximum absolute atomic E-state index is 5.86. The van der Waals surface area contributed by atoms with E-state index in [1.54, 1.807) is 0 Å². The van der Waals surface area contributed by atoms with Gasteiger partial charge in [-0.3, -0.25) is 4.68 Å². The van der Waals surface area contributed by atoms with Crippen molar-refractivity contribution >= 4 is 5.69 Å². The van der Waals surface area contributed by atoms with Crippen molar-refractivity contribution in [2.24, 2.45) is 0 Å². The number of benzene rings is 1. The number of rotatable bonds is 4. The van der Waals surface area contributed by atoms with Crippen molar-refractivity contribution in [1.29, 1.82) is 0 Å². The van der Waals surface area contributed by atoms with Crippen LogP contribution in [-0.2, 0) is 6.54 Å². The van der Waals surface area contributed by atoms with Crippen LogP contribution in [-0.4, -0.2) is 16.4 Å². The van der Waals surface area contributed by atoms with Gasteiger partial charge in [0.05, 0.1) is 18.4 Å². The van der Waals surface area contributed by atoms with E-state index in [2.05, 4.69) is 5.10 Å². The van der Waals surface area contributed by atoms with Crippen molar-refractivity contribution in [2.75, 3.05) is 12.3 Å². The molecule has 90 valence electrons. The fourth-order valence-corrected chi connectivity index (χ4v) is 1.70. The first-order chi connectivity index (χ1) is 8.16. The van der Waals surface area contributed by atoms with Crippen molar-refractivity contribution in [1.82, 2.24) is 9.78 Å². The Morgan fingerprint density at radius 2 is 2.18 bits per heavy atom. The summed E-state index contributed by atoms with van der Waals surface area (Å²) in [5, 5.41) is 4.20. The summed E-state index contributed by atoms with van der Waals surface area (Å²) >= 11 is 0. The van der Waals surface area contributed by atoms with Crippen molar-refractivity contribution in [3.05, 3.63) is 41.7 Å². The second kappa shape index (κ2) is 4.91. The zero-order valence-electron chi connectivity index (χ0n) is 10.2. The summed E-state index contributed by atoms with van der Waals surface area (Å²) in [6.45, 7) is 5.30. The van der Waals surface area contributed by atoms with Crippen LogP contribution in [0, 0.1) is 13.8 Å². The van der Waals surface area contributed by atoms with Gasteiger partial charge in [-0.05, 0) is 31.0 Å². The molecule has 4 nitrogen and oxygen atoms in total. The Morgan fingerprint density at radius 3 is 2.82 bits per heavy atom. The maximum atomic E-state index is 5.86. The number of nitrogen functional groups attached to an aromatic ring is 1. The van der Waals surface area contributed by atoms with Gasteiger partial charge in [0.25, 0.3) is 0 Å². The molecule has 0 aliphatic heterocycles. The molecular formula is C13H17N3O. The summed E-state index contributed by atoms with van der Waals surface area (Å²) in [5.41, 5.74) is 8.75. The van der Waals surface area contributed by atoms with Gasteiger partial charge in [0.15, 0.2) is 0 Å². The average molecular weight is 231 g/mol. The Kier molecular flexibility index (Phi) is 3.32. The van der Waals surface area contributed by atoms with Crippen LogP contribution in [0.2, 0.25) is 0 Å². The van der Waals surface area contributed by atoms with Gasteiger partial charge in [-0.1, -0.05) is 12.1 Å². The standard InChI is InChI=1S/C13H17N3O/c1-10-8-15-16(9-10)6-7-17-13-11(2)4-3-5-12(13)14/h3-5,8-9H,6-7,14H2,1-2H3. The predicted octanol–water partition coefficient (Wildman–Crippen LogP) is 2.16. The van der Waals surface area contributed by atoms with Crippen LogP contribution < -0.4 is 10.5 Å². The third-order valence-electron chi connectivity index (χ3n) is 2.57. The number of nitrogens with two attached hydrogens (primary N) is 1. The smallest absolute Gasteiger partial charge is 0.145 e. The lowest BCUT2D eigenvalue weighted by atomic mass is 10.2. The van der Waals surface area contributed by atoms with Crippen LogP contribution in [0.5, 0.6) is 5.75 Å². The third kappa shape index (κ3) is 2.78. The van der Waals surface area contributed by atoms with Gasteiger partial charge in [-0.2, -0.15) is 5.10 Å². The summed E-state index contributed by atoms with van der Waals surface area (Å²) in [4.78, 5) is 0. The molecule has 1 aromatic heterocycles. The number of ether oxygens (including phenoxy) is 1. The molecular weight excluding hydrogens is 214 g/mol. The SMILES string of the molecule is Cc1cnn(CCOc2c(C)cccc2N)c1. The molecule has 0 atom stereocenters. The van der Waals surface area contributed by atoms with Crippen LogP contribution >= 0.6 is 0 Å². The Hall–Kier alpha value is -1.97. The van der Waals surface area contributed by atoms with Crippen LogP contribution in [0.3, 0.4) is 0 Å². The number of hydrogen-bond acceptors (Lipinski definition) is 3. The molecule has 17 heavy (non-hydrogen) atoms. The first-order valence-corrected chi connectivity index (χ1v) is 5.64. The Labute approximate surface area is 101 Å². The summed E-state index contributed by atoms with van der Waals surface area (Å²) < 4.78 is 7.56. The fraction of sp³-hybridized carbons (Fsp3) is 0.308. The van der Waals surface area contributed by atoms with E-state index in [0.717, 1.165) is 23.4 Å². The number of hydrogen-bond donors (Lipinski definition) is 1. The van der Waals surface area contributed by atoms with Crippen LogP contribution in [0.25, 0.3) is 0 Å². The Balaban J connectivity index is 1.94. The summed E-state index contributed by atoms with van der Waals surface area (Å²) in [6.07, 6.45) is 3.83. The number of nitrogens with zero attached hydrogens (tertiary/aromatic N) is 2. The maximum Gasteiger partial charge on any atom is 0.145 e. The van der Waals surface area contributed by atoms with E-state index in [1.165, 1.54) is 0 Å². The van der Waals surface area contributed by atoms with Gasteiger partial charge in [-0.25, -0.2) is 0 Å². The zero-order chi connectivity index (χ0) is 12.3. The van der Waals surface area contributed by atoms with Crippen molar-refractivity contribution in [3.8, 4) is 5.75 Å². The first-order valence-electron chi connectivity index (χ1n) is 5.64. The third-order valence-corrected chi connectivity index (χ3v) is 2.57. The molecule has 0 bridgehead atoms. The number of aryl methyl sites for hydroxylation is 2. The second-order valence-electron chi connectivity index (χ2n) is 4.12. The quantitative estimate of drug-likeness (QED) is 0.820. The molecule has 0 aliphatic carbocycles. The van der Waals surface area contributed by atoms with E-state index in [4.69, 9.17) is 10.5 Å². The molecule has 0 aliphatic rings. The molecule has 0 amide bonds. The molecule has 0 spiro atoms. The lowest BCUT2D eigenvalue weighted by Crippen LogP contribution is -2.10. The molecule has 0 unspecified atom stereocenters. The lowest BCUT2D eigenvalue weighted by Gasteiger charge is -2.11. The van der Waals surface area contributed by atoms with E-state index < -0.39 is 0 Å². The minimum absolute atomic E-state index is 0.566. The topological polar surface area (TPSA) is 53.1 Å². The highest BCUT2D eigenvalue weighted by molar-refractivity contribution is 5.56. The Bertz CT molecular complexity index is 485. The molecule has 2 rings (SSSR count). The highest BCUT2D eigenvalue weighted by Crippen LogP contribution is 2.25. The lowest BCUT2D eigenvalue weighted by molar-refractivity contribution is 0.291. The van der Waals surface area contributed by atoms with Crippen molar-refractivity contribution in [3.63, 3.8) is 0 Å². The highest BCUT2D eigenvalue weighted by Gasteiger charge is 2.03. The second-order valence-corrected chi connectivity index (χ2v) is 4.12. The molecule has 0 fully saturated rings. The molecule has 0 saturated carbocycles. The Morgan fingerprint density at radius 1 is 1.35 bits per heavy atom.